The van der Waals surface area contributed by atoms with Gasteiger partial charge in [-0.3, -0.25) is 9.59 Å². The van der Waals surface area contributed by atoms with E-state index in [1.54, 1.807) is 0 Å². The highest BCUT2D eigenvalue weighted by Gasteiger charge is 2.43. The molecule has 1 aromatic carbocycles. The van der Waals surface area contributed by atoms with Crippen LogP contribution in [0.5, 0.6) is 0 Å². The minimum absolute atomic E-state index is 0.125. The van der Waals surface area contributed by atoms with Gasteiger partial charge in [0, 0.05) is 25.6 Å². The third kappa shape index (κ3) is 2.96. The molecule has 1 amide bonds. The van der Waals surface area contributed by atoms with Crippen LogP contribution in [0.1, 0.15) is 16.8 Å². The number of carbonyl (C=O) groups is 2. The molecule has 1 aromatic rings. The summed E-state index contributed by atoms with van der Waals surface area (Å²) in [7, 11) is -2.60. The molecule has 3 N–H and O–H groups in total. The summed E-state index contributed by atoms with van der Waals surface area (Å²) in [6.07, 6.45) is -1.16. The van der Waals surface area contributed by atoms with Gasteiger partial charge in [-0.05, 0) is 24.3 Å². The molecule has 2 atom stereocenters. The zero-order valence-electron chi connectivity index (χ0n) is 11.8. The monoisotopic (exact) mass is 328 g/mol. The summed E-state index contributed by atoms with van der Waals surface area (Å²) in [6, 6.07) is 3.87. The number of rotatable bonds is 4. The van der Waals surface area contributed by atoms with Crippen molar-refractivity contribution < 1.29 is 28.2 Å². The van der Waals surface area contributed by atoms with Gasteiger partial charge in [0.25, 0.3) is 5.91 Å². The lowest BCUT2D eigenvalue weighted by atomic mass is 10.2. The molecule has 1 heterocycles. The number of carbonyl (C=O) groups excluding carboxylic acids is 1. The number of aliphatic hydroxyl groups excluding tert-OH is 1. The Hall–Kier alpha value is -1.97. The third-order valence-electron chi connectivity index (χ3n) is 3.47. The molecule has 0 radical (unpaired) electrons. The predicted molar refractivity (Wildman–Crippen MR) is 75.8 cm³/mol. The van der Waals surface area contributed by atoms with Crippen molar-refractivity contribution >= 4 is 21.9 Å². The van der Waals surface area contributed by atoms with Gasteiger partial charge in [0.1, 0.15) is 6.04 Å². The van der Waals surface area contributed by atoms with Crippen molar-refractivity contribution in [3.8, 4) is 0 Å². The predicted octanol–water partition coefficient (Wildman–Crippen LogP) is -0.745. The first-order chi connectivity index (χ1) is 10.3. The average Bonchev–Trinajstić information content (AvgIpc) is 2.89. The maximum atomic E-state index is 12.5. The van der Waals surface area contributed by atoms with Gasteiger partial charge < -0.3 is 15.5 Å². The van der Waals surface area contributed by atoms with Crippen LogP contribution in [0.2, 0.25) is 0 Å². The Morgan fingerprint density at radius 2 is 1.86 bits per heavy atom. The molecule has 0 bridgehead atoms. The molecule has 8 nitrogen and oxygen atoms in total. The van der Waals surface area contributed by atoms with Crippen LogP contribution in [0, 0.1) is 0 Å². The van der Waals surface area contributed by atoms with Gasteiger partial charge >= 0.3 is 5.97 Å². The molecule has 1 fully saturated rings. The SMILES string of the molecule is CNC(=O)c1ccc(S(=O)(=O)N2C[C@@H](O)C[C@H]2C(=O)O)cc1. The standard InChI is InChI=1S/C13H16N2O6S/c1-14-12(17)8-2-4-10(5-3-8)22(20,21)15-7-9(16)6-11(15)13(18)19/h2-5,9,11,16H,6-7H2,1H3,(H,14,17)(H,18,19)/t9-,11-/m0/s1. The number of hydrogen-bond donors (Lipinski definition) is 3. The number of benzene rings is 1. The van der Waals surface area contributed by atoms with Gasteiger partial charge in [-0.25, -0.2) is 8.42 Å². The Labute approximate surface area is 127 Å². The van der Waals surface area contributed by atoms with E-state index in [4.69, 9.17) is 5.11 Å². The Bertz CT molecular complexity index is 685. The van der Waals surface area contributed by atoms with Crippen LogP contribution >= 0.6 is 0 Å². The van der Waals surface area contributed by atoms with Crippen molar-refractivity contribution in [2.75, 3.05) is 13.6 Å². The molecular formula is C13H16N2O6S. The second-order valence-electron chi connectivity index (χ2n) is 4.92. The minimum atomic E-state index is -4.05. The normalized spacial score (nSPS) is 22.5. The molecule has 0 unspecified atom stereocenters. The third-order valence-corrected chi connectivity index (χ3v) is 5.36. The molecule has 0 aliphatic carbocycles. The van der Waals surface area contributed by atoms with Crippen LogP contribution in [0.4, 0.5) is 0 Å². The van der Waals surface area contributed by atoms with Crippen LogP contribution in [0.15, 0.2) is 29.2 Å². The van der Waals surface area contributed by atoms with Gasteiger partial charge in [-0.2, -0.15) is 4.31 Å². The summed E-state index contributed by atoms with van der Waals surface area (Å²) < 4.78 is 25.8. The molecule has 1 saturated heterocycles. The fourth-order valence-electron chi connectivity index (χ4n) is 2.33. The van der Waals surface area contributed by atoms with E-state index in [9.17, 15) is 23.1 Å². The number of carboxylic acid groups (broad SMARTS) is 1. The first-order valence-electron chi connectivity index (χ1n) is 6.52. The van der Waals surface area contributed by atoms with E-state index in [0.717, 1.165) is 4.31 Å². The fourth-order valence-corrected chi connectivity index (χ4v) is 3.96. The zero-order chi connectivity index (χ0) is 16.5. The van der Waals surface area contributed by atoms with Crippen molar-refractivity contribution in [2.45, 2.75) is 23.5 Å². The quantitative estimate of drug-likeness (QED) is 0.668. The topological polar surface area (TPSA) is 124 Å². The van der Waals surface area contributed by atoms with Gasteiger partial charge in [0.2, 0.25) is 10.0 Å². The maximum absolute atomic E-state index is 12.5. The summed E-state index contributed by atoms with van der Waals surface area (Å²) in [5.41, 5.74) is 0.290. The Balaban J connectivity index is 2.34. The van der Waals surface area contributed by atoms with Crippen molar-refractivity contribution in [3.05, 3.63) is 29.8 Å². The molecule has 0 saturated carbocycles. The molecule has 1 aliphatic rings. The van der Waals surface area contributed by atoms with E-state index < -0.39 is 28.1 Å². The molecule has 9 heteroatoms. The van der Waals surface area contributed by atoms with E-state index in [2.05, 4.69) is 5.32 Å². The molecule has 120 valence electrons. The van der Waals surface area contributed by atoms with Gasteiger partial charge in [0.05, 0.1) is 11.0 Å². The van der Waals surface area contributed by atoms with Gasteiger partial charge in [0.15, 0.2) is 0 Å². The lowest BCUT2D eigenvalue weighted by Crippen LogP contribution is -2.40. The highest BCUT2D eigenvalue weighted by Crippen LogP contribution is 2.26. The van der Waals surface area contributed by atoms with Crippen molar-refractivity contribution in [2.24, 2.45) is 0 Å². The minimum Gasteiger partial charge on any atom is -0.480 e. The molecule has 0 spiro atoms. The number of aliphatic hydroxyl groups is 1. The number of hydrogen-bond acceptors (Lipinski definition) is 5. The first kappa shape index (κ1) is 16.4. The molecule has 0 aromatic heterocycles. The fraction of sp³-hybridized carbons (Fsp3) is 0.385. The summed E-state index contributed by atoms with van der Waals surface area (Å²) >= 11 is 0. The Kier molecular flexibility index (Phi) is 4.50. The lowest BCUT2D eigenvalue weighted by molar-refractivity contribution is -0.140. The first-order valence-corrected chi connectivity index (χ1v) is 7.96. The van der Waals surface area contributed by atoms with E-state index in [1.807, 2.05) is 0 Å². The summed E-state index contributed by atoms with van der Waals surface area (Å²) in [5, 5.41) is 21.1. The summed E-state index contributed by atoms with van der Waals surface area (Å²) in [4.78, 5) is 22.5. The molecule has 1 aliphatic heterocycles. The molecular weight excluding hydrogens is 312 g/mol. The van der Waals surface area contributed by atoms with Crippen LogP contribution < -0.4 is 5.32 Å². The maximum Gasteiger partial charge on any atom is 0.322 e. The Morgan fingerprint density at radius 3 is 2.36 bits per heavy atom. The number of sulfonamides is 1. The average molecular weight is 328 g/mol. The zero-order valence-corrected chi connectivity index (χ0v) is 12.6. The van der Waals surface area contributed by atoms with Crippen LogP contribution in [0.25, 0.3) is 0 Å². The lowest BCUT2D eigenvalue weighted by Gasteiger charge is -2.20. The van der Waals surface area contributed by atoms with Crippen LogP contribution in [-0.2, 0) is 14.8 Å². The van der Waals surface area contributed by atoms with Crippen molar-refractivity contribution in [1.82, 2.24) is 9.62 Å². The number of aliphatic carboxylic acids is 1. The van der Waals surface area contributed by atoms with Crippen LogP contribution in [0.3, 0.4) is 0 Å². The second kappa shape index (κ2) is 6.03. The van der Waals surface area contributed by atoms with Crippen molar-refractivity contribution in [1.29, 1.82) is 0 Å². The van der Waals surface area contributed by atoms with E-state index in [-0.39, 0.29) is 29.3 Å². The largest absolute Gasteiger partial charge is 0.480 e. The van der Waals surface area contributed by atoms with E-state index in [0.29, 0.717) is 0 Å². The van der Waals surface area contributed by atoms with E-state index in [1.165, 1.54) is 31.3 Å². The number of nitrogens with one attached hydrogen (secondary N) is 1. The number of amides is 1. The Morgan fingerprint density at radius 1 is 1.27 bits per heavy atom. The second-order valence-corrected chi connectivity index (χ2v) is 6.81. The summed E-state index contributed by atoms with van der Waals surface area (Å²) in [5.74, 6) is -1.66. The van der Waals surface area contributed by atoms with Gasteiger partial charge in [-0.1, -0.05) is 0 Å². The summed E-state index contributed by atoms with van der Waals surface area (Å²) in [6.45, 7) is -0.267. The molecule has 22 heavy (non-hydrogen) atoms. The molecule has 2 rings (SSSR count). The number of carboxylic acids is 1. The number of nitrogens with zero attached hydrogens (tertiary/aromatic N) is 1. The number of β-amino-alcohol motifs (C(OH)–C–C–N with tert-alkyl or cyclic N) is 1. The van der Waals surface area contributed by atoms with Crippen LogP contribution in [-0.4, -0.2) is 60.6 Å². The van der Waals surface area contributed by atoms with Crippen molar-refractivity contribution in [3.63, 3.8) is 0 Å². The smallest absolute Gasteiger partial charge is 0.322 e. The van der Waals surface area contributed by atoms with E-state index >= 15 is 0 Å². The highest BCUT2D eigenvalue weighted by atomic mass is 32.2. The van der Waals surface area contributed by atoms with Gasteiger partial charge in [-0.15, -0.1) is 0 Å². The highest BCUT2D eigenvalue weighted by molar-refractivity contribution is 7.89.